The van der Waals surface area contributed by atoms with Gasteiger partial charge in [0.15, 0.2) is 5.78 Å². The van der Waals surface area contributed by atoms with Crippen LogP contribution in [-0.2, 0) is 4.79 Å². The molecule has 56 valence electrons. The Morgan fingerprint density at radius 1 is 1.70 bits per heavy atom. The molecule has 0 radical (unpaired) electrons. The summed E-state index contributed by atoms with van der Waals surface area (Å²) in [6, 6.07) is 0. The van der Waals surface area contributed by atoms with Gasteiger partial charge in [0.1, 0.15) is 0 Å². The zero-order chi connectivity index (χ0) is 7.40. The molecule has 0 amide bonds. The van der Waals surface area contributed by atoms with Gasteiger partial charge in [0.25, 0.3) is 0 Å². The van der Waals surface area contributed by atoms with Gasteiger partial charge in [0.05, 0.1) is 0 Å². The third-order valence-corrected chi connectivity index (χ3v) is 2.63. The summed E-state index contributed by atoms with van der Waals surface area (Å²) in [5, 5.41) is 0. The minimum atomic E-state index is 0.192. The molecule has 2 heteroatoms. The lowest BCUT2D eigenvalue weighted by Crippen LogP contribution is -2.00. The number of thioether (sulfide) groups is 1. The van der Waals surface area contributed by atoms with E-state index in [9.17, 15) is 4.79 Å². The Labute approximate surface area is 65.9 Å². The van der Waals surface area contributed by atoms with Crippen LogP contribution in [0.15, 0.2) is 11.6 Å². The van der Waals surface area contributed by atoms with Crippen molar-refractivity contribution in [1.82, 2.24) is 0 Å². The summed E-state index contributed by atoms with van der Waals surface area (Å²) in [6.45, 7) is 1.62. The van der Waals surface area contributed by atoms with Crippen molar-refractivity contribution in [1.29, 1.82) is 0 Å². The molecule has 0 bridgehead atoms. The second-order valence-electron chi connectivity index (χ2n) is 2.57. The molecule has 0 aliphatic carbocycles. The molecule has 10 heavy (non-hydrogen) atoms. The van der Waals surface area contributed by atoms with Gasteiger partial charge in [-0.05, 0) is 31.6 Å². The highest BCUT2D eigenvalue weighted by Gasteiger charge is 2.05. The Bertz CT molecular complexity index is 153. The van der Waals surface area contributed by atoms with E-state index in [0.717, 1.165) is 12.2 Å². The third-order valence-electron chi connectivity index (χ3n) is 1.48. The largest absolute Gasteiger partial charge is 0.295 e. The zero-order valence-corrected chi connectivity index (χ0v) is 7.04. The fraction of sp³-hybridized carbons (Fsp3) is 0.625. The smallest absolute Gasteiger partial charge is 0.152 e. The Kier molecular flexibility index (Phi) is 3.00. The van der Waals surface area contributed by atoms with E-state index in [1.165, 1.54) is 17.7 Å². The summed E-state index contributed by atoms with van der Waals surface area (Å²) in [5.74, 6) is 2.52. The number of carbonyl (C=O) groups excluding carboxylic acids is 1. The van der Waals surface area contributed by atoms with Crippen LogP contribution in [0, 0.1) is 0 Å². The summed E-state index contributed by atoms with van der Waals surface area (Å²) in [6.07, 6.45) is 4.16. The molecule has 1 heterocycles. The van der Waals surface area contributed by atoms with Crippen molar-refractivity contribution < 1.29 is 4.79 Å². The van der Waals surface area contributed by atoms with Gasteiger partial charge in [-0.1, -0.05) is 5.57 Å². The highest BCUT2D eigenvalue weighted by molar-refractivity contribution is 7.99. The van der Waals surface area contributed by atoms with Crippen molar-refractivity contribution in [3.8, 4) is 0 Å². The number of carbonyl (C=O) groups is 1. The van der Waals surface area contributed by atoms with Crippen LogP contribution in [0.2, 0.25) is 0 Å². The van der Waals surface area contributed by atoms with E-state index in [0.29, 0.717) is 0 Å². The maximum Gasteiger partial charge on any atom is 0.152 e. The van der Waals surface area contributed by atoms with Crippen LogP contribution in [-0.4, -0.2) is 17.3 Å². The molecule has 0 aromatic carbocycles. The quantitative estimate of drug-likeness (QED) is 0.540. The summed E-state index contributed by atoms with van der Waals surface area (Å²) in [5.41, 5.74) is 1.32. The fourth-order valence-corrected chi connectivity index (χ4v) is 2.06. The van der Waals surface area contributed by atoms with E-state index >= 15 is 0 Å². The van der Waals surface area contributed by atoms with E-state index in [1.54, 1.807) is 13.0 Å². The molecule has 0 saturated carbocycles. The van der Waals surface area contributed by atoms with Crippen LogP contribution in [0.1, 0.15) is 19.8 Å². The monoisotopic (exact) mass is 156 g/mol. The summed E-state index contributed by atoms with van der Waals surface area (Å²) < 4.78 is 0. The molecule has 1 aliphatic rings. The first-order valence-corrected chi connectivity index (χ1v) is 4.72. The maximum atomic E-state index is 10.6. The Morgan fingerprint density at radius 3 is 3.00 bits per heavy atom. The van der Waals surface area contributed by atoms with Crippen molar-refractivity contribution in [2.45, 2.75) is 19.8 Å². The molecular weight excluding hydrogens is 144 g/mol. The van der Waals surface area contributed by atoms with Gasteiger partial charge >= 0.3 is 0 Å². The lowest BCUT2D eigenvalue weighted by atomic mass is 10.1. The van der Waals surface area contributed by atoms with Gasteiger partial charge in [0, 0.05) is 5.75 Å². The topological polar surface area (TPSA) is 17.1 Å². The van der Waals surface area contributed by atoms with E-state index < -0.39 is 0 Å². The molecule has 0 spiro atoms. The van der Waals surface area contributed by atoms with Crippen molar-refractivity contribution in [3.05, 3.63) is 11.6 Å². The van der Waals surface area contributed by atoms with Crippen LogP contribution < -0.4 is 0 Å². The summed E-state index contributed by atoms with van der Waals surface area (Å²) >= 11 is 1.92. The van der Waals surface area contributed by atoms with Crippen LogP contribution in [0.3, 0.4) is 0 Å². The highest BCUT2D eigenvalue weighted by Crippen LogP contribution is 2.21. The van der Waals surface area contributed by atoms with Crippen LogP contribution >= 0.6 is 11.8 Å². The molecule has 1 saturated heterocycles. The first-order chi connectivity index (χ1) is 4.79. The SMILES string of the molecule is CC(=O)/C=C1/CCCSC1. The number of rotatable bonds is 1. The molecular formula is C8H12OS. The minimum Gasteiger partial charge on any atom is -0.295 e. The lowest BCUT2D eigenvalue weighted by molar-refractivity contribution is -0.112. The first kappa shape index (κ1) is 7.86. The molecule has 1 fully saturated rings. The molecule has 0 N–H and O–H groups in total. The first-order valence-electron chi connectivity index (χ1n) is 3.57. The summed E-state index contributed by atoms with van der Waals surface area (Å²) in [4.78, 5) is 10.6. The molecule has 0 atom stereocenters. The minimum absolute atomic E-state index is 0.192. The van der Waals surface area contributed by atoms with Crippen molar-refractivity contribution in [2.75, 3.05) is 11.5 Å². The zero-order valence-electron chi connectivity index (χ0n) is 6.22. The Hall–Kier alpha value is -0.240. The molecule has 0 aromatic heterocycles. The molecule has 0 unspecified atom stereocenters. The van der Waals surface area contributed by atoms with Gasteiger partial charge in [-0.15, -0.1) is 0 Å². The highest BCUT2D eigenvalue weighted by atomic mass is 32.2. The number of hydrogen-bond acceptors (Lipinski definition) is 2. The summed E-state index contributed by atoms with van der Waals surface area (Å²) in [7, 11) is 0. The Morgan fingerprint density at radius 2 is 2.50 bits per heavy atom. The molecule has 0 aromatic rings. The number of hydrogen-bond donors (Lipinski definition) is 0. The van der Waals surface area contributed by atoms with Crippen LogP contribution in [0.25, 0.3) is 0 Å². The van der Waals surface area contributed by atoms with E-state index in [-0.39, 0.29) is 5.78 Å². The predicted molar refractivity (Wildman–Crippen MR) is 45.3 cm³/mol. The van der Waals surface area contributed by atoms with E-state index in [2.05, 4.69) is 0 Å². The average molecular weight is 156 g/mol. The standard InChI is InChI=1S/C8H12OS/c1-7(9)5-8-3-2-4-10-6-8/h5H,2-4,6H2,1H3/b8-5-. The van der Waals surface area contributed by atoms with Gasteiger partial charge < -0.3 is 0 Å². The lowest BCUT2D eigenvalue weighted by Gasteiger charge is -2.11. The second-order valence-corrected chi connectivity index (χ2v) is 3.67. The third kappa shape index (κ3) is 2.56. The van der Waals surface area contributed by atoms with Gasteiger partial charge in [-0.2, -0.15) is 11.8 Å². The van der Waals surface area contributed by atoms with Crippen LogP contribution in [0.5, 0.6) is 0 Å². The van der Waals surface area contributed by atoms with Crippen molar-refractivity contribution >= 4 is 17.5 Å². The van der Waals surface area contributed by atoms with E-state index in [4.69, 9.17) is 0 Å². The van der Waals surface area contributed by atoms with Gasteiger partial charge in [0.2, 0.25) is 0 Å². The molecule has 1 nitrogen and oxygen atoms in total. The number of ketones is 1. The Balaban J connectivity index is 2.45. The predicted octanol–water partition coefficient (Wildman–Crippen LogP) is 2.03. The molecule has 1 rings (SSSR count). The second kappa shape index (κ2) is 3.81. The maximum absolute atomic E-state index is 10.6. The van der Waals surface area contributed by atoms with Crippen molar-refractivity contribution in [3.63, 3.8) is 0 Å². The number of allylic oxidation sites excluding steroid dienone is 1. The van der Waals surface area contributed by atoms with Crippen LogP contribution in [0.4, 0.5) is 0 Å². The van der Waals surface area contributed by atoms with Gasteiger partial charge in [-0.25, -0.2) is 0 Å². The molecule has 1 aliphatic heterocycles. The van der Waals surface area contributed by atoms with Crippen molar-refractivity contribution in [2.24, 2.45) is 0 Å². The van der Waals surface area contributed by atoms with Gasteiger partial charge in [-0.3, -0.25) is 4.79 Å². The normalized spacial score (nSPS) is 23.1. The average Bonchev–Trinajstić information content (AvgIpc) is 1.88. The fourth-order valence-electron chi connectivity index (χ4n) is 1.08. The van der Waals surface area contributed by atoms with E-state index in [1.807, 2.05) is 11.8 Å².